The van der Waals surface area contributed by atoms with E-state index < -0.39 is 11.9 Å². The first-order valence-corrected chi connectivity index (χ1v) is 6.24. The molecule has 1 atom stereocenters. The van der Waals surface area contributed by atoms with Gasteiger partial charge in [0.05, 0.1) is 11.6 Å². The highest BCUT2D eigenvalue weighted by atomic mass is 16.4. The molecule has 1 amide bonds. The number of carbonyl (C=O) groups excluding carboxylic acids is 1. The SMILES string of the molecule is CCCC(CNC(=O)c1ccnc(CN)c1)C(=O)O. The molecule has 0 bridgehead atoms. The molecule has 1 unspecified atom stereocenters. The van der Waals surface area contributed by atoms with Gasteiger partial charge in [-0.15, -0.1) is 0 Å². The van der Waals surface area contributed by atoms with Crippen molar-refractivity contribution >= 4 is 11.9 Å². The Hall–Kier alpha value is -1.95. The number of nitrogens with one attached hydrogen (secondary N) is 1. The van der Waals surface area contributed by atoms with Gasteiger partial charge in [-0.1, -0.05) is 13.3 Å². The van der Waals surface area contributed by atoms with Crippen molar-refractivity contribution in [3.8, 4) is 0 Å². The van der Waals surface area contributed by atoms with Gasteiger partial charge in [0.25, 0.3) is 5.91 Å². The average Bonchev–Trinajstić information content (AvgIpc) is 2.42. The van der Waals surface area contributed by atoms with Gasteiger partial charge in [0.2, 0.25) is 0 Å². The number of amides is 1. The Morgan fingerprint density at radius 2 is 2.26 bits per heavy atom. The molecule has 19 heavy (non-hydrogen) atoms. The summed E-state index contributed by atoms with van der Waals surface area (Å²) in [5.41, 5.74) is 6.51. The Labute approximate surface area is 112 Å². The topological polar surface area (TPSA) is 105 Å². The summed E-state index contributed by atoms with van der Waals surface area (Å²) in [4.78, 5) is 26.8. The Bertz CT molecular complexity index is 449. The molecule has 0 aromatic carbocycles. The third-order valence-corrected chi connectivity index (χ3v) is 2.78. The van der Waals surface area contributed by atoms with Crippen LogP contribution in [-0.2, 0) is 11.3 Å². The van der Waals surface area contributed by atoms with Crippen molar-refractivity contribution in [3.05, 3.63) is 29.6 Å². The zero-order valence-corrected chi connectivity index (χ0v) is 10.9. The van der Waals surface area contributed by atoms with Crippen molar-refractivity contribution in [2.75, 3.05) is 6.54 Å². The van der Waals surface area contributed by atoms with Gasteiger partial charge in [-0.05, 0) is 18.6 Å². The van der Waals surface area contributed by atoms with Crippen LogP contribution in [-0.4, -0.2) is 28.5 Å². The van der Waals surface area contributed by atoms with Crippen LogP contribution in [0.25, 0.3) is 0 Å². The van der Waals surface area contributed by atoms with Crippen molar-refractivity contribution in [1.82, 2.24) is 10.3 Å². The second-order valence-corrected chi connectivity index (χ2v) is 4.27. The molecule has 0 aliphatic heterocycles. The third kappa shape index (κ3) is 4.67. The Morgan fingerprint density at radius 3 is 2.84 bits per heavy atom. The van der Waals surface area contributed by atoms with Crippen LogP contribution in [0, 0.1) is 5.92 Å². The van der Waals surface area contributed by atoms with Gasteiger partial charge in [-0.2, -0.15) is 0 Å². The van der Waals surface area contributed by atoms with Gasteiger partial charge in [0.15, 0.2) is 0 Å². The number of hydrogen-bond donors (Lipinski definition) is 3. The maximum Gasteiger partial charge on any atom is 0.308 e. The van der Waals surface area contributed by atoms with Crippen molar-refractivity contribution in [2.45, 2.75) is 26.3 Å². The summed E-state index contributed by atoms with van der Waals surface area (Å²) < 4.78 is 0. The maximum absolute atomic E-state index is 11.9. The zero-order valence-electron chi connectivity index (χ0n) is 10.9. The predicted octanol–water partition coefficient (Wildman–Crippen LogP) is 0.771. The van der Waals surface area contributed by atoms with Gasteiger partial charge >= 0.3 is 5.97 Å². The van der Waals surface area contributed by atoms with Gasteiger partial charge in [0.1, 0.15) is 0 Å². The first-order valence-electron chi connectivity index (χ1n) is 6.24. The van der Waals surface area contributed by atoms with Crippen LogP contribution in [0.4, 0.5) is 0 Å². The summed E-state index contributed by atoms with van der Waals surface area (Å²) in [7, 11) is 0. The molecule has 1 aromatic rings. The van der Waals surface area contributed by atoms with E-state index in [1.165, 1.54) is 6.20 Å². The number of aromatic nitrogens is 1. The van der Waals surface area contributed by atoms with Crippen molar-refractivity contribution in [3.63, 3.8) is 0 Å². The fourth-order valence-corrected chi connectivity index (χ4v) is 1.71. The molecule has 4 N–H and O–H groups in total. The Balaban J connectivity index is 2.61. The van der Waals surface area contributed by atoms with E-state index in [4.69, 9.17) is 10.8 Å². The standard InChI is InChI=1S/C13H19N3O3/c1-2-3-10(13(18)19)8-16-12(17)9-4-5-15-11(6-9)7-14/h4-6,10H,2-3,7-8,14H2,1H3,(H,16,17)(H,18,19). The van der Waals surface area contributed by atoms with Crippen LogP contribution in [0.5, 0.6) is 0 Å². The van der Waals surface area contributed by atoms with Gasteiger partial charge < -0.3 is 16.2 Å². The number of pyridine rings is 1. The normalized spacial score (nSPS) is 11.9. The Morgan fingerprint density at radius 1 is 1.53 bits per heavy atom. The summed E-state index contributed by atoms with van der Waals surface area (Å²) in [5, 5.41) is 11.6. The number of aliphatic carboxylic acids is 1. The molecule has 0 saturated carbocycles. The maximum atomic E-state index is 11.9. The molecule has 1 heterocycles. The lowest BCUT2D eigenvalue weighted by Crippen LogP contribution is -2.33. The number of carbonyl (C=O) groups is 2. The largest absolute Gasteiger partial charge is 0.481 e. The second-order valence-electron chi connectivity index (χ2n) is 4.27. The van der Waals surface area contributed by atoms with Gasteiger partial charge in [0, 0.05) is 24.8 Å². The molecule has 6 nitrogen and oxygen atoms in total. The molecular weight excluding hydrogens is 246 g/mol. The summed E-state index contributed by atoms with van der Waals surface area (Å²) >= 11 is 0. The minimum atomic E-state index is -0.889. The average molecular weight is 265 g/mol. The lowest BCUT2D eigenvalue weighted by atomic mass is 10.0. The number of carboxylic acids is 1. The first-order chi connectivity index (χ1) is 9.08. The van der Waals surface area contributed by atoms with Crippen LogP contribution in [0.1, 0.15) is 35.8 Å². The molecule has 0 saturated heterocycles. The molecule has 0 spiro atoms. The highest BCUT2D eigenvalue weighted by Crippen LogP contribution is 2.06. The summed E-state index contributed by atoms with van der Waals surface area (Å²) in [5.74, 6) is -1.75. The van der Waals surface area contributed by atoms with Crippen LogP contribution < -0.4 is 11.1 Å². The van der Waals surface area contributed by atoms with Crippen molar-refractivity contribution in [1.29, 1.82) is 0 Å². The minimum Gasteiger partial charge on any atom is -0.481 e. The summed E-state index contributed by atoms with van der Waals surface area (Å²) in [6.07, 6.45) is 2.82. The van der Waals surface area contributed by atoms with Crippen LogP contribution in [0.2, 0.25) is 0 Å². The molecule has 1 rings (SSSR count). The fraction of sp³-hybridized carbons (Fsp3) is 0.462. The van der Waals surface area contributed by atoms with Crippen molar-refractivity contribution < 1.29 is 14.7 Å². The molecule has 0 radical (unpaired) electrons. The molecule has 0 aliphatic rings. The number of hydrogen-bond acceptors (Lipinski definition) is 4. The van der Waals surface area contributed by atoms with E-state index >= 15 is 0 Å². The number of nitrogens with two attached hydrogens (primary N) is 1. The quantitative estimate of drug-likeness (QED) is 0.675. The predicted molar refractivity (Wildman–Crippen MR) is 70.5 cm³/mol. The van der Waals surface area contributed by atoms with E-state index in [0.717, 1.165) is 6.42 Å². The second kappa shape index (κ2) is 7.48. The number of carboxylic acid groups (broad SMARTS) is 1. The van der Waals surface area contributed by atoms with Crippen LogP contribution in [0.3, 0.4) is 0 Å². The summed E-state index contributed by atoms with van der Waals surface area (Å²) in [6.45, 7) is 2.30. The number of rotatable bonds is 7. The monoisotopic (exact) mass is 265 g/mol. The molecule has 1 aromatic heterocycles. The lowest BCUT2D eigenvalue weighted by Gasteiger charge is -2.12. The lowest BCUT2D eigenvalue weighted by molar-refractivity contribution is -0.141. The molecule has 104 valence electrons. The molecule has 0 aliphatic carbocycles. The Kier molecular flexibility index (Phi) is 5.95. The van der Waals surface area contributed by atoms with E-state index in [2.05, 4.69) is 10.3 Å². The fourth-order valence-electron chi connectivity index (χ4n) is 1.71. The smallest absolute Gasteiger partial charge is 0.308 e. The van der Waals surface area contributed by atoms with E-state index in [0.29, 0.717) is 17.7 Å². The van der Waals surface area contributed by atoms with Gasteiger partial charge in [-0.3, -0.25) is 14.6 Å². The van der Waals surface area contributed by atoms with E-state index in [1.807, 2.05) is 6.92 Å². The van der Waals surface area contributed by atoms with Crippen LogP contribution >= 0.6 is 0 Å². The van der Waals surface area contributed by atoms with E-state index in [-0.39, 0.29) is 19.0 Å². The zero-order chi connectivity index (χ0) is 14.3. The molecule has 0 fully saturated rings. The van der Waals surface area contributed by atoms with Crippen molar-refractivity contribution in [2.24, 2.45) is 11.7 Å². The van der Waals surface area contributed by atoms with E-state index in [1.54, 1.807) is 12.1 Å². The number of nitrogens with zero attached hydrogens (tertiary/aromatic N) is 1. The van der Waals surface area contributed by atoms with Crippen LogP contribution in [0.15, 0.2) is 18.3 Å². The third-order valence-electron chi connectivity index (χ3n) is 2.78. The first kappa shape index (κ1) is 15.1. The molecule has 6 heteroatoms. The minimum absolute atomic E-state index is 0.127. The molecular formula is C13H19N3O3. The van der Waals surface area contributed by atoms with Gasteiger partial charge in [-0.25, -0.2) is 0 Å². The highest BCUT2D eigenvalue weighted by molar-refractivity contribution is 5.94. The summed E-state index contributed by atoms with van der Waals surface area (Å²) in [6, 6.07) is 3.18. The van der Waals surface area contributed by atoms with E-state index in [9.17, 15) is 9.59 Å². The highest BCUT2D eigenvalue weighted by Gasteiger charge is 2.17.